The summed E-state index contributed by atoms with van der Waals surface area (Å²) in [6, 6.07) is 16.8. The van der Waals surface area contributed by atoms with E-state index in [0.29, 0.717) is 6.04 Å². The van der Waals surface area contributed by atoms with Gasteiger partial charge in [0.25, 0.3) is 0 Å². The second-order valence-corrected chi connectivity index (χ2v) is 6.36. The maximum atomic E-state index is 4.32. The molecule has 1 unspecified atom stereocenters. The topological polar surface area (TPSA) is 66.6 Å². The Kier molecular flexibility index (Phi) is 6.19. The summed E-state index contributed by atoms with van der Waals surface area (Å²) < 4.78 is 2.01. The maximum absolute atomic E-state index is 4.32. The number of rotatable bonds is 7. The highest BCUT2D eigenvalue weighted by atomic mass is 15.2. The summed E-state index contributed by atoms with van der Waals surface area (Å²) in [5.74, 6) is 1.76. The minimum atomic E-state index is 0.343. The van der Waals surface area contributed by atoms with Gasteiger partial charge in [-0.05, 0) is 37.5 Å². The predicted octanol–water partition coefficient (Wildman–Crippen LogP) is 2.46. The number of aryl methyl sites for hydroxylation is 1. The van der Waals surface area contributed by atoms with E-state index in [1.807, 2.05) is 28.8 Å². The molecule has 0 aliphatic carbocycles. The monoisotopic (exact) mass is 350 g/mol. The third-order valence-electron chi connectivity index (χ3n) is 4.34. The van der Waals surface area contributed by atoms with E-state index >= 15 is 0 Å². The molecule has 0 fully saturated rings. The number of guanidine groups is 1. The summed E-state index contributed by atoms with van der Waals surface area (Å²) in [5.41, 5.74) is 2.24. The first-order chi connectivity index (χ1) is 12.8. The molecule has 1 atom stereocenters. The quantitative estimate of drug-likeness (QED) is 0.507. The van der Waals surface area contributed by atoms with Crippen LogP contribution in [0.3, 0.4) is 0 Å². The zero-order valence-corrected chi connectivity index (χ0v) is 15.4. The summed E-state index contributed by atoms with van der Waals surface area (Å²) in [6.07, 6.45) is 4.88. The van der Waals surface area contributed by atoms with Gasteiger partial charge in [-0.15, -0.1) is 10.2 Å². The first-order valence-electron chi connectivity index (χ1n) is 9.06. The highest BCUT2D eigenvalue weighted by Crippen LogP contribution is 2.05. The number of nitrogens with one attached hydrogen (secondary N) is 2. The number of hydrogen-bond acceptors (Lipinski definition) is 3. The predicted molar refractivity (Wildman–Crippen MR) is 105 cm³/mol. The van der Waals surface area contributed by atoms with Crippen molar-refractivity contribution >= 4 is 11.6 Å². The van der Waals surface area contributed by atoms with Crippen molar-refractivity contribution in [2.24, 2.45) is 4.99 Å². The highest BCUT2D eigenvalue weighted by Gasteiger charge is 2.07. The van der Waals surface area contributed by atoms with Crippen LogP contribution in [0.2, 0.25) is 0 Å². The van der Waals surface area contributed by atoms with Gasteiger partial charge >= 0.3 is 0 Å². The van der Waals surface area contributed by atoms with Crippen LogP contribution in [-0.4, -0.2) is 40.2 Å². The fourth-order valence-electron chi connectivity index (χ4n) is 2.88. The number of hydrogen-bond donors (Lipinski definition) is 2. The summed E-state index contributed by atoms with van der Waals surface area (Å²) in [7, 11) is 1.80. The first kappa shape index (κ1) is 17.9. The van der Waals surface area contributed by atoms with Crippen molar-refractivity contribution < 1.29 is 0 Å². The number of benzene rings is 1. The average molecular weight is 350 g/mol. The zero-order chi connectivity index (χ0) is 18.2. The van der Waals surface area contributed by atoms with Gasteiger partial charge < -0.3 is 10.6 Å². The molecule has 26 heavy (non-hydrogen) atoms. The van der Waals surface area contributed by atoms with E-state index in [1.165, 1.54) is 5.56 Å². The van der Waals surface area contributed by atoms with Gasteiger partial charge in [-0.2, -0.15) is 0 Å². The molecule has 0 aliphatic heterocycles. The molecule has 0 aliphatic rings. The SMILES string of the molecule is CN=C(NCCc1nnc2ccccn12)NC(C)CCc1ccccc1. The van der Waals surface area contributed by atoms with Gasteiger partial charge in [0.05, 0.1) is 0 Å². The Morgan fingerprint density at radius 2 is 1.88 bits per heavy atom. The number of fused-ring (bicyclic) bond motifs is 1. The van der Waals surface area contributed by atoms with Gasteiger partial charge in [-0.25, -0.2) is 0 Å². The molecule has 0 saturated heterocycles. The Hall–Kier alpha value is -2.89. The lowest BCUT2D eigenvalue weighted by molar-refractivity contribution is 0.592. The largest absolute Gasteiger partial charge is 0.356 e. The standard InChI is InChI=1S/C20H26N6/c1-16(11-12-17-8-4-3-5-9-17)23-20(21-2)22-14-13-19-25-24-18-10-6-7-15-26(18)19/h3-10,15-16H,11-14H2,1-2H3,(H2,21,22,23). The van der Waals surface area contributed by atoms with Crippen LogP contribution >= 0.6 is 0 Å². The van der Waals surface area contributed by atoms with E-state index in [9.17, 15) is 0 Å². The Morgan fingerprint density at radius 1 is 1.08 bits per heavy atom. The minimum Gasteiger partial charge on any atom is -0.356 e. The molecule has 6 nitrogen and oxygen atoms in total. The second-order valence-electron chi connectivity index (χ2n) is 6.36. The van der Waals surface area contributed by atoms with Crippen molar-refractivity contribution in [1.29, 1.82) is 0 Å². The molecule has 2 N–H and O–H groups in total. The fourth-order valence-corrected chi connectivity index (χ4v) is 2.88. The lowest BCUT2D eigenvalue weighted by Crippen LogP contribution is -2.43. The normalized spacial score (nSPS) is 12.9. The van der Waals surface area contributed by atoms with Crippen molar-refractivity contribution in [3.05, 3.63) is 66.1 Å². The van der Waals surface area contributed by atoms with Crippen LogP contribution in [0.25, 0.3) is 5.65 Å². The molecule has 0 saturated carbocycles. The Labute approximate surface area is 154 Å². The van der Waals surface area contributed by atoms with E-state index in [-0.39, 0.29) is 0 Å². The zero-order valence-electron chi connectivity index (χ0n) is 15.4. The van der Waals surface area contributed by atoms with Crippen molar-refractivity contribution in [1.82, 2.24) is 25.2 Å². The number of pyridine rings is 1. The molecule has 2 aromatic heterocycles. The van der Waals surface area contributed by atoms with Crippen LogP contribution < -0.4 is 10.6 Å². The smallest absolute Gasteiger partial charge is 0.191 e. The first-order valence-corrected chi connectivity index (χ1v) is 9.06. The summed E-state index contributed by atoms with van der Waals surface area (Å²) in [5, 5.41) is 15.2. The van der Waals surface area contributed by atoms with Gasteiger partial charge in [-0.3, -0.25) is 9.39 Å². The van der Waals surface area contributed by atoms with Crippen LogP contribution in [0.1, 0.15) is 24.7 Å². The van der Waals surface area contributed by atoms with Crippen molar-refractivity contribution in [3.8, 4) is 0 Å². The highest BCUT2D eigenvalue weighted by molar-refractivity contribution is 5.79. The molecule has 1 aromatic carbocycles. The van der Waals surface area contributed by atoms with Gasteiger partial charge in [0.15, 0.2) is 11.6 Å². The van der Waals surface area contributed by atoms with Crippen LogP contribution in [-0.2, 0) is 12.8 Å². The van der Waals surface area contributed by atoms with E-state index in [2.05, 4.69) is 63.1 Å². The summed E-state index contributed by atoms with van der Waals surface area (Å²) >= 11 is 0. The maximum Gasteiger partial charge on any atom is 0.191 e. The van der Waals surface area contributed by atoms with Crippen molar-refractivity contribution in [2.45, 2.75) is 32.2 Å². The summed E-state index contributed by atoms with van der Waals surface area (Å²) in [4.78, 5) is 4.32. The third-order valence-corrected chi connectivity index (χ3v) is 4.34. The molecule has 3 aromatic rings. The number of aliphatic imine (C=N–C) groups is 1. The molecule has 0 spiro atoms. The second kappa shape index (κ2) is 8.99. The van der Waals surface area contributed by atoms with Crippen LogP contribution in [0.15, 0.2) is 59.7 Å². The number of nitrogens with zero attached hydrogens (tertiary/aromatic N) is 4. The third kappa shape index (κ3) is 4.81. The van der Waals surface area contributed by atoms with Gasteiger partial charge in [0, 0.05) is 32.3 Å². The molecule has 0 radical (unpaired) electrons. The lowest BCUT2D eigenvalue weighted by Gasteiger charge is -2.17. The van der Waals surface area contributed by atoms with Gasteiger partial charge in [-0.1, -0.05) is 36.4 Å². The van der Waals surface area contributed by atoms with E-state index < -0.39 is 0 Å². The molecule has 6 heteroatoms. The lowest BCUT2D eigenvalue weighted by atomic mass is 10.1. The summed E-state index contributed by atoms with van der Waals surface area (Å²) in [6.45, 7) is 2.93. The molecular weight excluding hydrogens is 324 g/mol. The molecular formula is C20H26N6. The Bertz CT molecular complexity index is 840. The van der Waals surface area contributed by atoms with E-state index in [0.717, 1.165) is 43.2 Å². The fraction of sp³-hybridized carbons (Fsp3) is 0.350. The van der Waals surface area contributed by atoms with Gasteiger partial charge in [0.1, 0.15) is 5.82 Å². The molecule has 0 bridgehead atoms. The van der Waals surface area contributed by atoms with Crippen LogP contribution in [0, 0.1) is 0 Å². The van der Waals surface area contributed by atoms with Crippen LogP contribution in [0.4, 0.5) is 0 Å². The molecule has 136 valence electrons. The average Bonchev–Trinajstić information content (AvgIpc) is 3.09. The molecule has 2 heterocycles. The van der Waals surface area contributed by atoms with E-state index in [4.69, 9.17) is 0 Å². The van der Waals surface area contributed by atoms with Gasteiger partial charge in [0.2, 0.25) is 0 Å². The Balaban J connectivity index is 1.44. The van der Waals surface area contributed by atoms with E-state index in [1.54, 1.807) is 7.05 Å². The van der Waals surface area contributed by atoms with Crippen LogP contribution in [0.5, 0.6) is 0 Å². The van der Waals surface area contributed by atoms with Crippen molar-refractivity contribution in [3.63, 3.8) is 0 Å². The Morgan fingerprint density at radius 3 is 2.69 bits per heavy atom. The molecule has 0 amide bonds. The number of aromatic nitrogens is 3. The molecule has 3 rings (SSSR count). The minimum absolute atomic E-state index is 0.343. The van der Waals surface area contributed by atoms with Crippen molar-refractivity contribution in [2.75, 3.05) is 13.6 Å².